The zero-order chi connectivity index (χ0) is 12.0. The van der Waals surface area contributed by atoms with E-state index in [-0.39, 0.29) is 6.04 Å². The average molecular weight is 228 g/mol. The minimum absolute atomic E-state index is 0.249. The lowest BCUT2D eigenvalue weighted by Crippen LogP contribution is -2.45. The number of ether oxygens (including phenoxy) is 1. The highest BCUT2D eigenvalue weighted by atomic mass is 16.5. The quantitative estimate of drug-likeness (QED) is 0.754. The lowest BCUT2D eigenvalue weighted by molar-refractivity contribution is 0.123. The molecule has 0 amide bonds. The van der Waals surface area contributed by atoms with Crippen molar-refractivity contribution in [3.63, 3.8) is 0 Å². The molecule has 0 spiro atoms. The number of nitrogens with two attached hydrogens (primary N) is 1. The second kappa shape index (κ2) is 7.25. The second-order valence-corrected chi connectivity index (χ2v) is 5.31. The smallest absolute Gasteiger partial charge is 0.0477 e. The topological polar surface area (TPSA) is 38.5 Å². The van der Waals surface area contributed by atoms with Crippen LogP contribution in [0.5, 0.6) is 0 Å². The molecule has 0 aromatic rings. The van der Waals surface area contributed by atoms with Crippen LogP contribution in [-0.4, -0.2) is 44.3 Å². The van der Waals surface area contributed by atoms with Crippen molar-refractivity contribution in [1.82, 2.24) is 4.90 Å². The first kappa shape index (κ1) is 13.9. The van der Waals surface area contributed by atoms with E-state index in [1.807, 2.05) is 0 Å². The zero-order valence-corrected chi connectivity index (χ0v) is 11.1. The Hall–Kier alpha value is -0.120. The van der Waals surface area contributed by atoms with Crippen LogP contribution in [0.4, 0.5) is 0 Å². The maximum absolute atomic E-state index is 6.09. The molecule has 3 nitrogen and oxygen atoms in total. The van der Waals surface area contributed by atoms with Crippen molar-refractivity contribution < 1.29 is 4.74 Å². The maximum atomic E-state index is 6.09. The fraction of sp³-hybridized carbons (Fsp3) is 1.00. The van der Waals surface area contributed by atoms with Crippen molar-refractivity contribution in [2.45, 2.75) is 51.1 Å². The molecule has 0 saturated heterocycles. The van der Waals surface area contributed by atoms with Gasteiger partial charge in [0.15, 0.2) is 0 Å². The van der Waals surface area contributed by atoms with Crippen LogP contribution < -0.4 is 5.73 Å². The lowest BCUT2D eigenvalue weighted by atomic mass is 9.85. The van der Waals surface area contributed by atoms with Crippen LogP contribution in [0.15, 0.2) is 0 Å². The number of methoxy groups -OCH3 is 1. The Morgan fingerprint density at radius 2 is 2.06 bits per heavy atom. The van der Waals surface area contributed by atoms with E-state index >= 15 is 0 Å². The first-order valence-corrected chi connectivity index (χ1v) is 6.60. The van der Waals surface area contributed by atoms with E-state index < -0.39 is 0 Å². The minimum Gasteiger partial charge on any atom is -0.385 e. The molecule has 0 aromatic heterocycles. The summed E-state index contributed by atoms with van der Waals surface area (Å²) in [7, 11) is 3.96. The molecule has 3 atom stereocenters. The Bertz CT molecular complexity index is 187. The number of likely N-dealkylation sites (N-methyl/N-ethyl adjacent to an activating group) is 1. The Morgan fingerprint density at radius 3 is 2.69 bits per heavy atom. The van der Waals surface area contributed by atoms with E-state index in [2.05, 4.69) is 18.9 Å². The lowest BCUT2D eigenvalue weighted by Gasteiger charge is -2.37. The molecule has 96 valence electrons. The standard InChI is InChI=1S/C13H28N2O/c1-11-6-4-5-7-13(11)15(2)10-12(14)8-9-16-3/h11-13H,4-10,14H2,1-3H3. The van der Waals surface area contributed by atoms with E-state index in [1.165, 1.54) is 25.7 Å². The molecular weight excluding hydrogens is 200 g/mol. The first-order chi connectivity index (χ1) is 7.65. The summed E-state index contributed by atoms with van der Waals surface area (Å²) < 4.78 is 5.06. The predicted octanol–water partition coefficient (Wildman–Crippen LogP) is 1.86. The van der Waals surface area contributed by atoms with E-state index in [9.17, 15) is 0 Å². The fourth-order valence-electron chi connectivity index (χ4n) is 2.82. The molecular formula is C13H28N2O. The van der Waals surface area contributed by atoms with Crippen LogP contribution in [0.25, 0.3) is 0 Å². The third-order valence-electron chi connectivity index (χ3n) is 3.85. The van der Waals surface area contributed by atoms with Gasteiger partial charge in [-0.1, -0.05) is 19.8 Å². The normalized spacial score (nSPS) is 28.3. The van der Waals surface area contributed by atoms with Crippen molar-refractivity contribution >= 4 is 0 Å². The van der Waals surface area contributed by atoms with Crippen molar-refractivity contribution in [2.24, 2.45) is 11.7 Å². The Balaban J connectivity index is 2.29. The highest BCUT2D eigenvalue weighted by molar-refractivity contribution is 4.81. The molecule has 1 aliphatic rings. The molecule has 0 radical (unpaired) electrons. The number of hydrogen-bond acceptors (Lipinski definition) is 3. The molecule has 1 rings (SSSR count). The van der Waals surface area contributed by atoms with Gasteiger partial charge in [-0.2, -0.15) is 0 Å². The summed E-state index contributed by atoms with van der Waals surface area (Å²) in [5.74, 6) is 0.827. The third kappa shape index (κ3) is 4.40. The fourth-order valence-corrected chi connectivity index (χ4v) is 2.82. The van der Waals surface area contributed by atoms with Crippen LogP contribution in [0.2, 0.25) is 0 Å². The molecule has 1 saturated carbocycles. The summed E-state index contributed by atoms with van der Waals surface area (Å²) in [6, 6.07) is 0.987. The van der Waals surface area contributed by atoms with Gasteiger partial charge in [0, 0.05) is 32.3 Å². The SMILES string of the molecule is COCCC(N)CN(C)C1CCCCC1C. The van der Waals surface area contributed by atoms with Gasteiger partial charge in [0.05, 0.1) is 0 Å². The maximum Gasteiger partial charge on any atom is 0.0477 e. The van der Waals surface area contributed by atoms with Crippen LogP contribution in [0, 0.1) is 5.92 Å². The molecule has 3 unspecified atom stereocenters. The van der Waals surface area contributed by atoms with Gasteiger partial charge in [0.2, 0.25) is 0 Å². The molecule has 3 heteroatoms. The summed E-state index contributed by atoms with van der Waals surface area (Å²) in [6.45, 7) is 4.15. The average Bonchev–Trinajstić information content (AvgIpc) is 2.26. The summed E-state index contributed by atoms with van der Waals surface area (Å²) in [4.78, 5) is 2.46. The van der Waals surface area contributed by atoms with Crippen molar-refractivity contribution in [2.75, 3.05) is 27.3 Å². The number of hydrogen-bond donors (Lipinski definition) is 1. The van der Waals surface area contributed by atoms with Gasteiger partial charge >= 0.3 is 0 Å². The van der Waals surface area contributed by atoms with Gasteiger partial charge in [0.25, 0.3) is 0 Å². The van der Waals surface area contributed by atoms with Crippen LogP contribution in [0.1, 0.15) is 39.0 Å². The Labute approximate surface area is 100 Å². The summed E-state index contributed by atoms with van der Waals surface area (Å²) in [5, 5.41) is 0. The highest BCUT2D eigenvalue weighted by Crippen LogP contribution is 2.27. The van der Waals surface area contributed by atoms with Gasteiger partial charge in [-0.05, 0) is 32.2 Å². The van der Waals surface area contributed by atoms with Gasteiger partial charge in [-0.15, -0.1) is 0 Å². The van der Waals surface area contributed by atoms with E-state index in [1.54, 1.807) is 7.11 Å². The molecule has 16 heavy (non-hydrogen) atoms. The zero-order valence-electron chi connectivity index (χ0n) is 11.1. The second-order valence-electron chi connectivity index (χ2n) is 5.31. The van der Waals surface area contributed by atoms with Gasteiger partial charge < -0.3 is 15.4 Å². The molecule has 0 heterocycles. The summed E-state index contributed by atoms with van der Waals surface area (Å²) in [6.07, 6.45) is 6.47. The number of nitrogens with zero attached hydrogens (tertiary/aromatic N) is 1. The van der Waals surface area contributed by atoms with Crippen molar-refractivity contribution in [3.8, 4) is 0 Å². The Kier molecular flexibility index (Phi) is 6.32. The third-order valence-corrected chi connectivity index (χ3v) is 3.85. The molecule has 1 aliphatic carbocycles. The predicted molar refractivity (Wildman–Crippen MR) is 68.5 cm³/mol. The molecule has 0 bridgehead atoms. The first-order valence-electron chi connectivity index (χ1n) is 6.60. The van der Waals surface area contributed by atoms with Gasteiger partial charge in [-0.3, -0.25) is 0 Å². The molecule has 0 aliphatic heterocycles. The van der Waals surface area contributed by atoms with Crippen molar-refractivity contribution in [1.29, 1.82) is 0 Å². The largest absolute Gasteiger partial charge is 0.385 e. The van der Waals surface area contributed by atoms with Crippen LogP contribution in [-0.2, 0) is 4.74 Å². The van der Waals surface area contributed by atoms with E-state index in [0.29, 0.717) is 0 Å². The van der Waals surface area contributed by atoms with E-state index in [0.717, 1.165) is 31.5 Å². The van der Waals surface area contributed by atoms with Crippen LogP contribution in [0.3, 0.4) is 0 Å². The minimum atomic E-state index is 0.249. The van der Waals surface area contributed by atoms with Gasteiger partial charge in [0.1, 0.15) is 0 Å². The van der Waals surface area contributed by atoms with Crippen molar-refractivity contribution in [3.05, 3.63) is 0 Å². The molecule has 2 N–H and O–H groups in total. The number of rotatable bonds is 6. The molecule has 1 fully saturated rings. The Morgan fingerprint density at radius 1 is 1.38 bits per heavy atom. The summed E-state index contributed by atoms with van der Waals surface area (Å²) in [5.41, 5.74) is 6.09. The summed E-state index contributed by atoms with van der Waals surface area (Å²) >= 11 is 0. The van der Waals surface area contributed by atoms with Gasteiger partial charge in [-0.25, -0.2) is 0 Å². The molecule has 0 aromatic carbocycles. The van der Waals surface area contributed by atoms with Crippen LogP contribution >= 0.6 is 0 Å². The highest BCUT2D eigenvalue weighted by Gasteiger charge is 2.25. The van der Waals surface area contributed by atoms with E-state index in [4.69, 9.17) is 10.5 Å². The monoisotopic (exact) mass is 228 g/mol.